The highest BCUT2D eigenvalue weighted by atomic mass is 35.5. The predicted molar refractivity (Wildman–Crippen MR) is 62.1 cm³/mol. The van der Waals surface area contributed by atoms with E-state index < -0.39 is 0 Å². The molecule has 0 N–H and O–H groups in total. The van der Waals surface area contributed by atoms with Gasteiger partial charge >= 0.3 is 0 Å². The van der Waals surface area contributed by atoms with Gasteiger partial charge in [-0.2, -0.15) is 0 Å². The van der Waals surface area contributed by atoms with Gasteiger partial charge in [-0.15, -0.1) is 11.6 Å². The smallest absolute Gasteiger partial charge is 0.127 e. The average molecular weight is 247 g/mol. The van der Waals surface area contributed by atoms with Gasteiger partial charge in [-0.1, -0.05) is 17.7 Å². The summed E-state index contributed by atoms with van der Waals surface area (Å²) in [4.78, 5) is 0. The minimum atomic E-state index is -0.194. The van der Waals surface area contributed by atoms with Gasteiger partial charge in [-0.25, -0.2) is 4.39 Å². The minimum Gasteiger partial charge on any atom is -0.207 e. The summed E-state index contributed by atoms with van der Waals surface area (Å²) in [7, 11) is 0. The van der Waals surface area contributed by atoms with Gasteiger partial charge in [0.1, 0.15) is 5.82 Å². The van der Waals surface area contributed by atoms with Crippen LogP contribution in [0.25, 0.3) is 0 Å². The molecule has 0 amide bonds. The molecule has 0 aliphatic heterocycles. The SMILES string of the molecule is Fc1cc(Cl)ccc1CC1CCC(Cl)C1. The molecule has 1 aliphatic rings. The summed E-state index contributed by atoms with van der Waals surface area (Å²) in [6.45, 7) is 0. The molecule has 0 bridgehead atoms. The van der Waals surface area contributed by atoms with Gasteiger partial charge in [0, 0.05) is 10.4 Å². The Morgan fingerprint density at radius 2 is 2.13 bits per heavy atom. The van der Waals surface area contributed by atoms with E-state index in [1.54, 1.807) is 12.1 Å². The maximum Gasteiger partial charge on any atom is 0.127 e. The van der Waals surface area contributed by atoms with Crippen molar-refractivity contribution in [1.29, 1.82) is 0 Å². The van der Waals surface area contributed by atoms with E-state index in [2.05, 4.69) is 0 Å². The lowest BCUT2D eigenvalue weighted by Gasteiger charge is -2.09. The van der Waals surface area contributed by atoms with E-state index in [4.69, 9.17) is 23.2 Å². The molecule has 1 fully saturated rings. The summed E-state index contributed by atoms with van der Waals surface area (Å²) in [5.74, 6) is 0.337. The monoisotopic (exact) mass is 246 g/mol. The maximum absolute atomic E-state index is 13.5. The van der Waals surface area contributed by atoms with Crippen LogP contribution < -0.4 is 0 Å². The van der Waals surface area contributed by atoms with Gasteiger partial charge in [-0.05, 0) is 49.3 Å². The fraction of sp³-hybridized carbons (Fsp3) is 0.500. The first-order chi connectivity index (χ1) is 7.15. The highest BCUT2D eigenvalue weighted by Crippen LogP contribution is 2.32. The van der Waals surface area contributed by atoms with Gasteiger partial charge in [0.15, 0.2) is 0 Å². The second kappa shape index (κ2) is 4.71. The molecular formula is C12H13Cl2F. The molecule has 2 rings (SSSR count). The van der Waals surface area contributed by atoms with Crippen molar-refractivity contribution in [3.8, 4) is 0 Å². The zero-order valence-electron chi connectivity index (χ0n) is 8.35. The molecule has 0 aromatic heterocycles. The molecule has 1 aliphatic carbocycles. The first kappa shape index (κ1) is 11.2. The van der Waals surface area contributed by atoms with Crippen molar-refractivity contribution < 1.29 is 4.39 Å². The van der Waals surface area contributed by atoms with Crippen LogP contribution in [0.2, 0.25) is 5.02 Å². The van der Waals surface area contributed by atoms with Crippen LogP contribution in [-0.4, -0.2) is 5.38 Å². The van der Waals surface area contributed by atoms with Crippen molar-refractivity contribution in [1.82, 2.24) is 0 Å². The normalized spacial score (nSPS) is 25.8. The van der Waals surface area contributed by atoms with E-state index in [-0.39, 0.29) is 11.2 Å². The Bertz CT molecular complexity index is 351. The molecule has 82 valence electrons. The first-order valence-corrected chi connectivity index (χ1v) is 6.04. The molecule has 15 heavy (non-hydrogen) atoms. The van der Waals surface area contributed by atoms with Crippen LogP contribution in [0, 0.1) is 11.7 Å². The molecule has 0 nitrogen and oxygen atoms in total. The van der Waals surface area contributed by atoms with Crippen LogP contribution in [0.3, 0.4) is 0 Å². The van der Waals surface area contributed by atoms with Crippen molar-refractivity contribution in [2.45, 2.75) is 31.1 Å². The Morgan fingerprint density at radius 1 is 1.33 bits per heavy atom. The lowest BCUT2D eigenvalue weighted by Crippen LogP contribution is -2.02. The van der Waals surface area contributed by atoms with E-state index >= 15 is 0 Å². The lowest BCUT2D eigenvalue weighted by atomic mass is 9.98. The topological polar surface area (TPSA) is 0 Å². The summed E-state index contributed by atoms with van der Waals surface area (Å²) >= 11 is 11.7. The maximum atomic E-state index is 13.5. The summed E-state index contributed by atoms with van der Waals surface area (Å²) < 4.78 is 13.5. The quantitative estimate of drug-likeness (QED) is 0.678. The Balaban J connectivity index is 2.04. The van der Waals surface area contributed by atoms with E-state index in [9.17, 15) is 4.39 Å². The second-order valence-electron chi connectivity index (χ2n) is 4.22. The zero-order valence-corrected chi connectivity index (χ0v) is 9.86. The fourth-order valence-corrected chi connectivity index (χ4v) is 2.73. The van der Waals surface area contributed by atoms with Crippen LogP contribution >= 0.6 is 23.2 Å². The number of hydrogen-bond donors (Lipinski definition) is 0. The Hall–Kier alpha value is -0.270. The predicted octanol–water partition coefficient (Wildman–Crippen LogP) is 4.43. The number of benzene rings is 1. The molecule has 1 saturated carbocycles. The highest BCUT2D eigenvalue weighted by molar-refractivity contribution is 6.30. The minimum absolute atomic E-state index is 0.194. The molecule has 0 radical (unpaired) electrons. The van der Waals surface area contributed by atoms with Gasteiger partial charge in [0.2, 0.25) is 0 Å². The van der Waals surface area contributed by atoms with Crippen LogP contribution in [0.1, 0.15) is 24.8 Å². The Kier molecular flexibility index (Phi) is 3.53. The molecule has 0 spiro atoms. The van der Waals surface area contributed by atoms with Gasteiger partial charge in [0.05, 0.1) is 0 Å². The van der Waals surface area contributed by atoms with Gasteiger partial charge in [0.25, 0.3) is 0 Å². The van der Waals surface area contributed by atoms with E-state index in [1.165, 1.54) is 6.07 Å². The molecule has 0 saturated heterocycles. The van der Waals surface area contributed by atoms with Gasteiger partial charge in [-0.3, -0.25) is 0 Å². The molecule has 1 aromatic carbocycles. The Labute approximate surface area is 99.4 Å². The van der Waals surface area contributed by atoms with Crippen molar-refractivity contribution in [3.05, 3.63) is 34.6 Å². The van der Waals surface area contributed by atoms with Crippen LogP contribution in [0.15, 0.2) is 18.2 Å². The van der Waals surface area contributed by atoms with E-state index in [0.29, 0.717) is 10.9 Å². The third-order valence-electron chi connectivity index (χ3n) is 3.00. The van der Waals surface area contributed by atoms with Crippen LogP contribution in [0.5, 0.6) is 0 Å². The van der Waals surface area contributed by atoms with Crippen molar-refractivity contribution in [2.24, 2.45) is 5.92 Å². The molecule has 3 heteroatoms. The highest BCUT2D eigenvalue weighted by Gasteiger charge is 2.23. The van der Waals surface area contributed by atoms with Crippen LogP contribution in [-0.2, 0) is 6.42 Å². The summed E-state index contributed by atoms with van der Waals surface area (Å²) in [5.41, 5.74) is 0.759. The first-order valence-electron chi connectivity index (χ1n) is 5.23. The third kappa shape index (κ3) is 2.85. The number of hydrogen-bond acceptors (Lipinski definition) is 0. The third-order valence-corrected chi connectivity index (χ3v) is 3.63. The Morgan fingerprint density at radius 3 is 2.73 bits per heavy atom. The summed E-state index contributed by atoms with van der Waals surface area (Å²) in [5, 5.41) is 0.739. The standard InChI is InChI=1S/C12H13Cl2F/c13-10-3-1-8(6-10)5-9-2-4-11(14)7-12(9)15/h2,4,7-8,10H,1,3,5-6H2. The van der Waals surface area contributed by atoms with Gasteiger partial charge < -0.3 is 0 Å². The second-order valence-corrected chi connectivity index (χ2v) is 5.27. The molecule has 2 unspecified atom stereocenters. The van der Waals surface area contributed by atoms with Crippen LogP contribution in [0.4, 0.5) is 4.39 Å². The van der Waals surface area contributed by atoms with E-state index in [1.807, 2.05) is 0 Å². The molecule has 1 aromatic rings. The fourth-order valence-electron chi connectivity index (χ4n) is 2.20. The van der Waals surface area contributed by atoms with Crippen molar-refractivity contribution >= 4 is 23.2 Å². The summed E-state index contributed by atoms with van der Waals surface area (Å²) in [6, 6.07) is 4.90. The number of alkyl halides is 1. The molecule has 0 heterocycles. The zero-order chi connectivity index (χ0) is 10.8. The largest absolute Gasteiger partial charge is 0.207 e. The number of halogens is 3. The lowest BCUT2D eigenvalue weighted by molar-refractivity contribution is 0.521. The van der Waals surface area contributed by atoms with Crippen molar-refractivity contribution in [2.75, 3.05) is 0 Å². The number of rotatable bonds is 2. The molecule has 2 atom stereocenters. The van der Waals surface area contributed by atoms with E-state index in [0.717, 1.165) is 31.2 Å². The molecular weight excluding hydrogens is 234 g/mol. The summed E-state index contributed by atoms with van der Waals surface area (Å²) in [6.07, 6.45) is 3.95. The van der Waals surface area contributed by atoms with Crippen molar-refractivity contribution in [3.63, 3.8) is 0 Å². The average Bonchev–Trinajstić information content (AvgIpc) is 2.56.